The van der Waals surface area contributed by atoms with Crippen molar-refractivity contribution in [2.75, 3.05) is 13.1 Å². The fourth-order valence-corrected chi connectivity index (χ4v) is 3.12. The lowest BCUT2D eigenvalue weighted by Crippen LogP contribution is -2.38. The minimum atomic E-state index is -0.933. The van der Waals surface area contributed by atoms with E-state index in [1.165, 1.54) is 51.4 Å². The summed E-state index contributed by atoms with van der Waals surface area (Å²) in [5.41, 5.74) is 15.5. The third kappa shape index (κ3) is 24.6. The van der Waals surface area contributed by atoms with E-state index in [4.69, 9.17) is 27.4 Å². The van der Waals surface area contributed by atoms with Crippen LogP contribution in [0.2, 0.25) is 0 Å². The number of aliphatic carboxylic acids is 2. The maximum atomic E-state index is 11.0. The zero-order valence-electron chi connectivity index (χ0n) is 20.0. The van der Waals surface area contributed by atoms with E-state index < -0.39 is 29.9 Å². The van der Waals surface area contributed by atoms with E-state index in [2.05, 4.69) is 12.2 Å². The molecule has 0 saturated heterocycles. The van der Waals surface area contributed by atoms with Crippen LogP contribution in [0.1, 0.15) is 103 Å². The molecule has 0 aromatic carbocycles. The van der Waals surface area contributed by atoms with Crippen molar-refractivity contribution in [3.8, 4) is 0 Å². The molecule has 0 fully saturated rings. The SMILES string of the molecule is CCCCCCCCCCCCNC(CCC(N)=O)C(=O)O.NCCCCC(N)C(=O)O. The molecule has 32 heavy (non-hydrogen) atoms. The van der Waals surface area contributed by atoms with E-state index in [1.54, 1.807) is 0 Å². The summed E-state index contributed by atoms with van der Waals surface area (Å²) >= 11 is 0. The van der Waals surface area contributed by atoms with Gasteiger partial charge in [0.1, 0.15) is 12.1 Å². The standard InChI is InChI=1S/C17H34N2O3.C6H14N2O2/c1-2-3-4-5-6-7-8-9-10-11-14-19-15(17(21)22)12-13-16(18)20;7-4-2-1-3-5(8)6(9)10/h15,19H,2-14H2,1H3,(H2,18,20)(H,21,22);5H,1-4,7-8H2,(H,9,10). The number of carbonyl (C=O) groups is 3. The van der Waals surface area contributed by atoms with E-state index >= 15 is 0 Å². The first-order chi connectivity index (χ1) is 15.3. The minimum absolute atomic E-state index is 0.113. The molecule has 2 unspecified atom stereocenters. The van der Waals surface area contributed by atoms with Crippen molar-refractivity contribution < 1.29 is 24.6 Å². The van der Waals surface area contributed by atoms with E-state index in [1.807, 2.05) is 0 Å². The van der Waals surface area contributed by atoms with Gasteiger partial charge >= 0.3 is 11.9 Å². The Balaban J connectivity index is 0. The molecule has 1 amide bonds. The minimum Gasteiger partial charge on any atom is -0.480 e. The monoisotopic (exact) mass is 460 g/mol. The van der Waals surface area contributed by atoms with Gasteiger partial charge in [-0.3, -0.25) is 14.4 Å². The van der Waals surface area contributed by atoms with E-state index in [0.717, 1.165) is 25.7 Å². The number of unbranched alkanes of at least 4 members (excludes halogenated alkanes) is 10. The molecule has 9 nitrogen and oxygen atoms in total. The fraction of sp³-hybridized carbons (Fsp3) is 0.870. The Kier molecular flexibility index (Phi) is 24.3. The van der Waals surface area contributed by atoms with Crippen LogP contribution < -0.4 is 22.5 Å². The van der Waals surface area contributed by atoms with Gasteiger partial charge in [0.15, 0.2) is 0 Å². The number of hydrogen-bond acceptors (Lipinski definition) is 6. The van der Waals surface area contributed by atoms with E-state index in [-0.39, 0.29) is 12.8 Å². The predicted molar refractivity (Wildman–Crippen MR) is 128 cm³/mol. The second-order valence-electron chi connectivity index (χ2n) is 8.26. The van der Waals surface area contributed by atoms with Crippen molar-refractivity contribution >= 4 is 17.8 Å². The molecule has 0 saturated carbocycles. The second kappa shape index (κ2) is 23.9. The van der Waals surface area contributed by atoms with Crippen molar-refractivity contribution in [2.45, 2.75) is 115 Å². The number of carboxylic acids is 2. The Hall–Kier alpha value is -1.71. The normalized spacial score (nSPS) is 12.5. The van der Waals surface area contributed by atoms with Gasteiger partial charge in [-0.2, -0.15) is 0 Å². The molecule has 2 atom stereocenters. The zero-order valence-corrected chi connectivity index (χ0v) is 20.0. The summed E-state index contributed by atoms with van der Waals surface area (Å²) in [6, 6.07) is -1.38. The second-order valence-corrected chi connectivity index (χ2v) is 8.26. The van der Waals surface area contributed by atoms with Crippen molar-refractivity contribution in [1.29, 1.82) is 0 Å². The number of rotatable bonds is 21. The van der Waals surface area contributed by atoms with Crippen molar-refractivity contribution in [2.24, 2.45) is 17.2 Å². The lowest BCUT2D eigenvalue weighted by Gasteiger charge is -2.13. The summed E-state index contributed by atoms with van der Waals surface area (Å²) in [4.78, 5) is 31.8. The highest BCUT2D eigenvalue weighted by Crippen LogP contribution is 2.10. The van der Waals surface area contributed by atoms with Crippen LogP contribution in [0.5, 0.6) is 0 Å². The molecule has 9 heteroatoms. The van der Waals surface area contributed by atoms with Crippen LogP contribution in [0.4, 0.5) is 0 Å². The van der Waals surface area contributed by atoms with Gasteiger partial charge in [-0.25, -0.2) is 0 Å². The van der Waals surface area contributed by atoms with Crippen LogP contribution in [-0.4, -0.2) is 53.2 Å². The Labute approximate surface area is 193 Å². The first-order valence-corrected chi connectivity index (χ1v) is 12.2. The highest BCUT2D eigenvalue weighted by molar-refractivity contribution is 5.77. The smallest absolute Gasteiger partial charge is 0.320 e. The highest BCUT2D eigenvalue weighted by atomic mass is 16.4. The molecule has 0 radical (unpaired) electrons. The quantitative estimate of drug-likeness (QED) is 0.141. The van der Waals surface area contributed by atoms with Gasteiger partial charge in [-0.05, 0) is 38.8 Å². The summed E-state index contributed by atoms with van der Waals surface area (Å²) in [5, 5.41) is 20.4. The molecule has 0 aliphatic heterocycles. The summed E-state index contributed by atoms with van der Waals surface area (Å²) in [5.74, 6) is -2.29. The molecule has 0 aromatic rings. The molecule has 0 aromatic heterocycles. The molecule has 0 aliphatic rings. The number of nitrogens with one attached hydrogen (secondary N) is 1. The molecule has 0 aliphatic carbocycles. The lowest BCUT2D eigenvalue weighted by atomic mass is 10.1. The molecular weight excluding hydrogens is 412 g/mol. The number of carbonyl (C=O) groups excluding carboxylic acids is 1. The van der Waals surface area contributed by atoms with Crippen molar-refractivity contribution in [3.05, 3.63) is 0 Å². The third-order valence-corrected chi connectivity index (χ3v) is 5.19. The number of primary amides is 1. The van der Waals surface area contributed by atoms with Crippen LogP contribution in [0.25, 0.3) is 0 Å². The Morgan fingerprint density at radius 2 is 1.31 bits per heavy atom. The zero-order chi connectivity index (χ0) is 24.6. The average molecular weight is 461 g/mol. The Bertz CT molecular complexity index is 477. The molecule has 9 N–H and O–H groups in total. The lowest BCUT2D eigenvalue weighted by molar-refractivity contribution is -0.140. The Morgan fingerprint density at radius 3 is 1.75 bits per heavy atom. The average Bonchev–Trinajstić information content (AvgIpc) is 2.74. The largest absolute Gasteiger partial charge is 0.480 e. The van der Waals surface area contributed by atoms with Gasteiger partial charge in [0, 0.05) is 6.42 Å². The number of nitrogens with two attached hydrogens (primary N) is 3. The van der Waals surface area contributed by atoms with Crippen LogP contribution >= 0.6 is 0 Å². The van der Waals surface area contributed by atoms with Gasteiger partial charge in [0.2, 0.25) is 5.91 Å². The molecule has 0 rings (SSSR count). The summed E-state index contributed by atoms with van der Waals surface area (Å²) in [7, 11) is 0. The fourth-order valence-electron chi connectivity index (χ4n) is 3.12. The van der Waals surface area contributed by atoms with Gasteiger partial charge in [0.25, 0.3) is 0 Å². The van der Waals surface area contributed by atoms with Crippen LogP contribution in [-0.2, 0) is 14.4 Å². The first-order valence-electron chi connectivity index (χ1n) is 12.2. The molecule has 0 bridgehead atoms. The van der Waals surface area contributed by atoms with Gasteiger partial charge in [0.05, 0.1) is 0 Å². The number of hydrogen-bond donors (Lipinski definition) is 6. The van der Waals surface area contributed by atoms with E-state index in [9.17, 15) is 14.4 Å². The number of carboxylic acid groups (broad SMARTS) is 2. The van der Waals surface area contributed by atoms with E-state index in [0.29, 0.717) is 19.5 Å². The van der Waals surface area contributed by atoms with Gasteiger partial charge < -0.3 is 32.7 Å². The Morgan fingerprint density at radius 1 is 0.781 bits per heavy atom. The van der Waals surface area contributed by atoms with Crippen molar-refractivity contribution in [1.82, 2.24) is 5.32 Å². The van der Waals surface area contributed by atoms with Crippen molar-refractivity contribution in [3.63, 3.8) is 0 Å². The van der Waals surface area contributed by atoms with Gasteiger partial charge in [-0.15, -0.1) is 0 Å². The molecular formula is C23H48N4O5. The predicted octanol–water partition coefficient (Wildman–Crippen LogP) is 2.74. The molecule has 190 valence electrons. The van der Waals surface area contributed by atoms with Crippen LogP contribution in [0, 0.1) is 0 Å². The topological polar surface area (TPSA) is 182 Å². The summed E-state index contributed by atoms with van der Waals surface area (Å²) in [6.07, 6.45) is 15.2. The maximum absolute atomic E-state index is 11.0. The van der Waals surface area contributed by atoms with Crippen LogP contribution in [0.3, 0.4) is 0 Å². The summed E-state index contributed by atoms with van der Waals surface area (Å²) < 4.78 is 0. The van der Waals surface area contributed by atoms with Gasteiger partial charge in [-0.1, -0.05) is 71.1 Å². The highest BCUT2D eigenvalue weighted by Gasteiger charge is 2.16. The number of amides is 1. The molecule has 0 spiro atoms. The summed E-state index contributed by atoms with van der Waals surface area (Å²) in [6.45, 7) is 3.52. The molecule has 0 heterocycles. The maximum Gasteiger partial charge on any atom is 0.320 e. The van der Waals surface area contributed by atoms with Crippen LogP contribution in [0.15, 0.2) is 0 Å². The first kappa shape index (κ1) is 32.5. The third-order valence-electron chi connectivity index (χ3n) is 5.19.